The van der Waals surface area contributed by atoms with Gasteiger partial charge in [0, 0.05) is 30.4 Å². The van der Waals surface area contributed by atoms with Crippen LogP contribution < -0.4 is 10.6 Å². The Morgan fingerprint density at radius 2 is 1.95 bits per heavy atom. The molecular formula is C17H17N3. The summed E-state index contributed by atoms with van der Waals surface area (Å²) >= 11 is 0. The summed E-state index contributed by atoms with van der Waals surface area (Å²) in [4.78, 5) is 2.33. The van der Waals surface area contributed by atoms with Gasteiger partial charge in [-0.05, 0) is 30.2 Å². The lowest BCUT2D eigenvalue weighted by Gasteiger charge is -2.19. The summed E-state index contributed by atoms with van der Waals surface area (Å²) in [5.74, 6) is 0.569. The predicted octanol–water partition coefficient (Wildman–Crippen LogP) is 3.13. The largest absolute Gasteiger partial charge is 0.398 e. The zero-order chi connectivity index (χ0) is 13.9. The average molecular weight is 263 g/mol. The van der Waals surface area contributed by atoms with Gasteiger partial charge in [-0.2, -0.15) is 5.26 Å². The van der Waals surface area contributed by atoms with Crippen molar-refractivity contribution in [2.24, 2.45) is 0 Å². The van der Waals surface area contributed by atoms with Gasteiger partial charge in [-0.25, -0.2) is 0 Å². The maximum Gasteiger partial charge on any atom is 0.101 e. The summed E-state index contributed by atoms with van der Waals surface area (Å²) in [7, 11) is 0. The summed E-state index contributed by atoms with van der Waals surface area (Å²) < 4.78 is 0. The second-order valence-electron chi connectivity index (χ2n) is 5.23. The Labute approximate surface area is 119 Å². The van der Waals surface area contributed by atoms with Crippen molar-refractivity contribution in [1.29, 1.82) is 5.26 Å². The van der Waals surface area contributed by atoms with E-state index in [1.165, 1.54) is 5.56 Å². The summed E-state index contributed by atoms with van der Waals surface area (Å²) in [6.07, 6.45) is 1.15. The van der Waals surface area contributed by atoms with Gasteiger partial charge >= 0.3 is 0 Å². The molecule has 1 atom stereocenters. The van der Waals surface area contributed by atoms with E-state index in [4.69, 9.17) is 11.0 Å². The number of hydrogen-bond donors (Lipinski definition) is 1. The zero-order valence-electron chi connectivity index (χ0n) is 11.3. The molecule has 2 aromatic rings. The lowest BCUT2D eigenvalue weighted by Crippen LogP contribution is -2.19. The van der Waals surface area contributed by atoms with Crippen LogP contribution in [0, 0.1) is 11.3 Å². The third kappa shape index (κ3) is 2.33. The van der Waals surface area contributed by atoms with E-state index in [1.807, 2.05) is 18.2 Å². The first-order valence-electron chi connectivity index (χ1n) is 6.87. The van der Waals surface area contributed by atoms with Gasteiger partial charge < -0.3 is 10.6 Å². The number of nitrogen functional groups attached to an aromatic ring is 1. The molecule has 20 heavy (non-hydrogen) atoms. The molecule has 1 heterocycles. The van der Waals surface area contributed by atoms with E-state index in [2.05, 4.69) is 41.3 Å². The Bertz CT molecular complexity index is 643. The minimum Gasteiger partial charge on any atom is -0.398 e. The van der Waals surface area contributed by atoms with Crippen molar-refractivity contribution in [3.05, 3.63) is 59.7 Å². The van der Waals surface area contributed by atoms with Crippen LogP contribution in [0.3, 0.4) is 0 Å². The van der Waals surface area contributed by atoms with Gasteiger partial charge in [0.1, 0.15) is 6.07 Å². The van der Waals surface area contributed by atoms with Crippen molar-refractivity contribution < 1.29 is 0 Å². The maximum atomic E-state index is 9.07. The van der Waals surface area contributed by atoms with Crippen LogP contribution in [-0.2, 0) is 0 Å². The number of nitrogens with two attached hydrogens (primary N) is 1. The molecule has 3 heteroatoms. The molecular weight excluding hydrogens is 246 g/mol. The second kappa shape index (κ2) is 5.26. The van der Waals surface area contributed by atoms with E-state index in [1.54, 1.807) is 0 Å². The normalized spacial score (nSPS) is 17.9. The fourth-order valence-electron chi connectivity index (χ4n) is 2.83. The molecule has 100 valence electrons. The number of rotatable bonds is 2. The van der Waals surface area contributed by atoms with Crippen LogP contribution in [0.5, 0.6) is 0 Å². The smallest absolute Gasteiger partial charge is 0.101 e. The number of nitrogens with zero attached hydrogens (tertiary/aromatic N) is 2. The van der Waals surface area contributed by atoms with Gasteiger partial charge in [0.15, 0.2) is 0 Å². The second-order valence-corrected chi connectivity index (χ2v) is 5.23. The van der Waals surface area contributed by atoms with Gasteiger partial charge in [-0.3, -0.25) is 0 Å². The first kappa shape index (κ1) is 12.6. The van der Waals surface area contributed by atoms with Crippen LogP contribution in [-0.4, -0.2) is 13.1 Å². The zero-order valence-corrected chi connectivity index (χ0v) is 11.3. The number of anilines is 2. The fourth-order valence-corrected chi connectivity index (χ4v) is 2.83. The van der Waals surface area contributed by atoms with E-state index >= 15 is 0 Å². The standard InChI is InChI=1S/C17H17N3/c18-11-15-10-16(6-7-17(15)19)20-9-8-14(12-20)13-4-2-1-3-5-13/h1-7,10,14H,8-9,12,19H2. The first-order chi connectivity index (χ1) is 9.78. The highest BCUT2D eigenvalue weighted by Crippen LogP contribution is 2.31. The molecule has 2 N–H and O–H groups in total. The summed E-state index contributed by atoms with van der Waals surface area (Å²) in [5.41, 5.74) is 9.37. The van der Waals surface area contributed by atoms with Crippen molar-refractivity contribution in [3.8, 4) is 6.07 Å². The quantitative estimate of drug-likeness (QED) is 0.847. The van der Waals surface area contributed by atoms with Crippen molar-refractivity contribution in [2.45, 2.75) is 12.3 Å². The Balaban J connectivity index is 1.79. The topological polar surface area (TPSA) is 53.0 Å². The minimum absolute atomic E-state index is 0.551. The summed E-state index contributed by atoms with van der Waals surface area (Å²) in [6, 6.07) is 18.5. The van der Waals surface area contributed by atoms with Crippen LogP contribution in [0.1, 0.15) is 23.5 Å². The lowest BCUT2D eigenvalue weighted by atomic mass is 9.99. The van der Waals surface area contributed by atoms with Crippen LogP contribution >= 0.6 is 0 Å². The molecule has 3 rings (SSSR count). The van der Waals surface area contributed by atoms with E-state index in [0.29, 0.717) is 17.2 Å². The Morgan fingerprint density at radius 1 is 1.15 bits per heavy atom. The van der Waals surface area contributed by atoms with Gasteiger partial charge in [0.05, 0.1) is 5.56 Å². The Morgan fingerprint density at radius 3 is 2.70 bits per heavy atom. The van der Waals surface area contributed by atoms with E-state index in [0.717, 1.165) is 25.2 Å². The third-order valence-corrected chi connectivity index (χ3v) is 3.98. The number of hydrogen-bond acceptors (Lipinski definition) is 3. The maximum absolute atomic E-state index is 9.07. The SMILES string of the molecule is N#Cc1cc(N2CCC(c3ccccc3)C2)ccc1N. The highest BCUT2D eigenvalue weighted by molar-refractivity contribution is 5.63. The van der Waals surface area contributed by atoms with Crippen molar-refractivity contribution in [2.75, 3.05) is 23.7 Å². The van der Waals surface area contributed by atoms with Crippen molar-refractivity contribution in [3.63, 3.8) is 0 Å². The predicted molar refractivity (Wildman–Crippen MR) is 81.6 cm³/mol. The van der Waals surface area contributed by atoms with Gasteiger partial charge in [0.2, 0.25) is 0 Å². The molecule has 1 saturated heterocycles. The van der Waals surface area contributed by atoms with E-state index in [-0.39, 0.29) is 0 Å². The van der Waals surface area contributed by atoms with Crippen LogP contribution in [0.2, 0.25) is 0 Å². The molecule has 0 amide bonds. The molecule has 1 fully saturated rings. The molecule has 0 radical (unpaired) electrons. The fraction of sp³-hybridized carbons (Fsp3) is 0.235. The summed E-state index contributed by atoms with van der Waals surface area (Å²) in [6.45, 7) is 2.02. The van der Waals surface area contributed by atoms with Gasteiger partial charge in [0.25, 0.3) is 0 Å². The first-order valence-corrected chi connectivity index (χ1v) is 6.87. The molecule has 1 aliphatic heterocycles. The van der Waals surface area contributed by atoms with Gasteiger partial charge in [-0.15, -0.1) is 0 Å². The number of nitriles is 1. The Kier molecular flexibility index (Phi) is 3.30. The number of benzene rings is 2. The van der Waals surface area contributed by atoms with Crippen molar-refractivity contribution in [1.82, 2.24) is 0 Å². The lowest BCUT2D eigenvalue weighted by molar-refractivity contribution is 0.775. The van der Waals surface area contributed by atoms with E-state index < -0.39 is 0 Å². The summed E-state index contributed by atoms with van der Waals surface area (Å²) in [5, 5.41) is 9.07. The third-order valence-electron chi connectivity index (χ3n) is 3.98. The minimum atomic E-state index is 0.551. The van der Waals surface area contributed by atoms with E-state index in [9.17, 15) is 0 Å². The molecule has 0 aromatic heterocycles. The van der Waals surface area contributed by atoms with Crippen molar-refractivity contribution >= 4 is 11.4 Å². The highest BCUT2D eigenvalue weighted by Gasteiger charge is 2.24. The van der Waals surface area contributed by atoms with Crippen LogP contribution in [0.15, 0.2) is 48.5 Å². The molecule has 0 spiro atoms. The molecule has 2 aromatic carbocycles. The van der Waals surface area contributed by atoms with Crippen LogP contribution in [0.25, 0.3) is 0 Å². The molecule has 0 aliphatic carbocycles. The van der Waals surface area contributed by atoms with Crippen LogP contribution in [0.4, 0.5) is 11.4 Å². The molecule has 0 saturated carbocycles. The molecule has 3 nitrogen and oxygen atoms in total. The average Bonchev–Trinajstić information content (AvgIpc) is 2.98. The molecule has 0 bridgehead atoms. The highest BCUT2D eigenvalue weighted by atomic mass is 15.1. The molecule has 1 unspecified atom stereocenters. The van der Waals surface area contributed by atoms with Gasteiger partial charge in [-0.1, -0.05) is 30.3 Å². The Hall–Kier alpha value is -2.47. The monoisotopic (exact) mass is 263 g/mol. The molecule has 1 aliphatic rings.